The third kappa shape index (κ3) is 4.72. The van der Waals surface area contributed by atoms with Gasteiger partial charge in [-0.05, 0) is 34.7 Å². The molecule has 0 bridgehead atoms. The molecule has 0 aliphatic heterocycles. The van der Waals surface area contributed by atoms with Crippen LogP contribution in [-0.2, 0) is 14.3 Å². The summed E-state index contributed by atoms with van der Waals surface area (Å²) in [4.78, 5) is 36.5. The zero-order valence-corrected chi connectivity index (χ0v) is 18.0. The fourth-order valence-corrected chi connectivity index (χ4v) is 4.08. The molecule has 0 radical (unpaired) electrons. The monoisotopic (exact) mass is 444 g/mol. The van der Waals surface area contributed by atoms with Crippen molar-refractivity contribution >= 4 is 18.0 Å². The predicted octanol–water partition coefficient (Wildman–Crippen LogP) is 3.86. The Kier molecular flexibility index (Phi) is 6.40. The largest absolute Gasteiger partial charge is 0.479 e. The number of ether oxygens (including phenoxy) is 1. The summed E-state index contributed by atoms with van der Waals surface area (Å²) < 4.78 is 5.45. The molecule has 2 amide bonds. The maximum atomic E-state index is 12.5. The molecule has 0 aromatic heterocycles. The first-order valence-electron chi connectivity index (χ1n) is 10.7. The van der Waals surface area contributed by atoms with Crippen molar-refractivity contribution in [1.29, 1.82) is 0 Å². The number of nitrogens with one attached hydrogen (secondary N) is 2. The second-order valence-electron chi connectivity index (χ2n) is 7.88. The minimum atomic E-state index is -1.22. The van der Waals surface area contributed by atoms with E-state index >= 15 is 0 Å². The normalized spacial score (nSPS) is 13.8. The number of alkyl carbamates (subject to hydrolysis) is 1. The summed E-state index contributed by atoms with van der Waals surface area (Å²) >= 11 is 0. The van der Waals surface area contributed by atoms with Crippen molar-refractivity contribution < 1.29 is 24.2 Å². The topological polar surface area (TPSA) is 105 Å². The Hall–Kier alpha value is -4.13. The number of hydrogen-bond acceptors (Lipinski definition) is 4. The highest BCUT2D eigenvalue weighted by molar-refractivity contribution is 5.89. The van der Waals surface area contributed by atoms with Crippen LogP contribution in [-0.4, -0.2) is 35.7 Å². The first-order chi connectivity index (χ1) is 16.0. The number of carbonyl (C=O) groups excluding carboxylic acids is 2. The van der Waals surface area contributed by atoms with Gasteiger partial charge in [0.25, 0.3) is 0 Å². The van der Waals surface area contributed by atoms with Crippen molar-refractivity contribution in [3.05, 3.63) is 95.6 Å². The van der Waals surface area contributed by atoms with E-state index in [-0.39, 0.29) is 12.5 Å². The fraction of sp³-hybridized carbons (Fsp3) is 0.192. The zero-order valence-electron chi connectivity index (χ0n) is 18.0. The number of amides is 2. The molecule has 2 atom stereocenters. The minimum Gasteiger partial charge on any atom is -0.479 e. The van der Waals surface area contributed by atoms with Crippen molar-refractivity contribution in [1.82, 2.24) is 10.6 Å². The molecule has 168 valence electrons. The average Bonchev–Trinajstić information content (AvgIpc) is 3.15. The molecule has 3 aromatic carbocycles. The fourth-order valence-electron chi connectivity index (χ4n) is 4.08. The van der Waals surface area contributed by atoms with Gasteiger partial charge in [0.05, 0.1) is 0 Å². The molecule has 4 rings (SSSR count). The third-order valence-electron chi connectivity index (χ3n) is 5.74. The van der Waals surface area contributed by atoms with Crippen molar-refractivity contribution in [2.45, 2.75) is 24.9 Å². The smallest absolute Gasteiger partial charge is 0.407 e. The first kappa shape index (κ1) is 22.1. The second kappa shape index (κ2) is 9.56. The van der Waals surface area contributed by atoms with Crippen LogP contribution in [0, 0.1) is 0 Å². The Bertz CT molecular complexity index is 1130. The number of carboxylic acids is 1. The summed E-state index contributed by atoms with van der Waals surface area (Å²) in [5, 5.41) is 14.4. The number of aliphatic carboxylic acids is 1. The highest BCUT2D eigenvalue weighted by Crippen LogP contribution is 2.44. The molecule has 0 spiro atoms. The second-order valence-corrected chi connectivity index (χ2v) is 7.88. The summed E-state index contributed by atoms with van der Waals surface area (Å²) in [5.41, 5.74) is 4.85. The molecule has 0 fully saturated rings. The van der Waals surface area contributed by atoms with Gasteiger partial charge in [-0.1, -0.05) is 78.9 Å². The van der Waals surface area contributed by atoms with Crippen LogP contribution in [0.4, 0.5) is 4.79 Å². The van der Waals surface area contributed by atoms with Crippen LogP contribution in [0.5, 0.6) is 0 Å². The van der Waals surface area contributed by atoms with Gasteiger partial charge in [0.1, 0.15) is 12.6 Å². The zero-order chi connectivity index (χ0) is 23.4. The highest BCUT2D eigenvalue weighted by atomic mass is 16.5. The van der Waals surface area contributed by atoms with Crippen LogP contribution in [0.15, 0.2) is 78.9 Å². The number of carboxylic acid groups (broad SMARTS) is 1. The summed E-state index contributed by atoms with van der Waals surface area (Å²) in [6.45, 7) is 1.59. The third-order valence-corrected chi connectivity index (χ3v) is 5.74. The van der Waals surface area contributed by atoms with Gasteiger partial charge < -0.3 is 20.5 Å². The Balaban J connectivity index is 1.36. The molecule has 1 unspecified atom stereocenters. The lowest BCUT2D eigenvalue weighted by Crippen LogP contribution is -2.47. The van der Waals surface area contributed by atoms with E-state index in [9.17, 15) is 19.5 Å². The SMILES string of the molecule is C[C@H](NC(=O)OCC1c2ccccc2-c2ccccc21)C(=O)NC(C(=O)O)c1ccccc1. The number of hydrogen-bond donors (Lipinski definition) is 3. The van der Waals surface area contributed by atoms with Gasteiger partial charge in [-0.15, -0.1) is 0 Å². The van der Waals surface area contributed by atoms with Gasteiger partial charge in [-0.25, -0.2) is 9.59 Å². The van der Waals surface area contributed by atoms with E-state index in [4.69, 9.17) is 4.74 Å². The lowest BCUT2D eigenvalue weighted by Gasteiger charge is -2.20. The van der Waals surface area contributed by atoms with Crippen molar-refractivity contribution in [3.63, 3.8) is 0 Å². The minimum absolute atomic E-state index is 0.0956. The number of rotatable bonds is 7. The maximum absolute atomic E-state index is 12.5. The Labute approximate surface area is 191 Å². The van der Waals surface area contributed by atoms with Gasteiger partial charge in [0.15, 0.2) is 6.04 Å². The molecule has 3 N–H and O–H groups in total. The van der Waals surface area contributed by atoms with Gasteiger partial charge in [0.2, 0.25) is 5.91 Å². The molecular formula is C26H24N2O5. The van der Waals surface area contributed by atoms with Crippen LogP contribution < -0.4 is 10.6 Å². The molecule has 7 heteroatoms. The van der Waals surface area contributed by atoms with E-state index in [1.54, 1.807) is 30.3 Å². The molecule has 0 saturated carbocycles. The van der Waals surface area contributed by atoms with Gasteiger partial charge in [0, 0.05) is 5.92 Å². The van der Waals surface area contributed by atoms with E-state index in [0.717, 1.165) is 22.3 Å². The Morgan fingerprint density at radius 1 is 0.848 bits per heavy atom. The van der Waals surface area contributed by atoms with Crippen molar-refractivity contribution in [3.8, 4) is 11.1 Å². The van der Waals surface area contributed by atoms with Crippen LogP contribution in [0.3, 0.4) is 0 Å². The number of benzene rings is 3. The predicted molar refractivity (Wildman–Crippen MR) is 123 cm³/mol. The van der Waals surface area contributed by atoms with Gasteiger partial charge >= 0.3 is 12.1 Å². The molecule has 1 aliphatic rings. The number of fused-ring (bicyclic) bond motifs is 3. The van der Waals surface area contributed by atoms with E-state index in [1.807, 2.05) is 48.5 Å². The van der Waals surface area contributed by atoms with E-state index in [2.05, 4.69) is 10.6 Å². The number of carbonyl (C=O) groups is 3. The first-order valence-corrected chi connectivity index (χ1v) is 10.7. The summed E-state index contributed by atoms with van der Waals surface area (Å²) in [6, 6.07) is 22.2. The van der Waals surface area contributed by atoms with Crippen molar-refractivity contribution in [2.75, 3.05) is 6.61 Å². The van der Waals surface area contributed by atoms with Gasteiger partial charge in [-0.2, -0.15) is 0 Å². The van der Waals surface area contributed by atoms with Gasteiger partial charge in [-0.3, -0.25) is 4.79 Å². The van der Waals surface area contributed by atoms with E-state index < -0.39 is 30.1 Å². The summed E-state index contributed by atoms with van der Waals surface area (Å²) in [6.07, 6.45) is -0.744. The Morgan fingerprint density at radius 2 is 1.39 bits per heavy atom. The average molecular weight is 444 g/mol. The molecule has 3 aromatic rings. The van der Waals surface area contributed by atoms with Crippen LogP contribution in [0.25, 0.3) is 11.1 Å². The highest BCUT2D eigenvalue weighted by Gasteiger charge is 2.30. The quantitative estimate of drug-likeness (QED) is 0.513. The molecule has 33 heavy (non-hydrogen) atoms. The van der Waals surface area contributed by atoms with E-state index in [0.29, 0.717) is 5.56 Å². The molecule has 0 saturated heterocycles. The molecule has 0 heterocycles. The molecule has 1 aliphatic carbocycles. The maximum Gasteiger partial charge on any atom is 0.407 e. The van der Waals surface area contributed by atoms with Crippen LogP contribution in [0.2, 0.25) is 0 Å². The van der Waals surface area contributed by atoms with Crippen molar-refractivity contribution in [2.24, 2.45) is 0 Å². The Morgan fingerprint density at radius 3 is 1.97 bits per heavy atom. The van der Waals surface area contributed by atoms with Crippen LogP contribution in [0.1, 0.15) is 35.6 Å². The van der Waals surface area contributed by atoms with E-state index in [1.165, 1.54) is 6.92 Å². The molecule has 7 nitrogen and oxygen atoms in total. The summed E-state index contributed by atoms with van der Waals surface area (Å²) in [5.74, 6) is -1.91. The lowest BCUT2D eigenvalue weighted by molar-refractivity contribution is -0.142. The standard InChI is InChI=1S/C26H24N2O5/c1-16(24(29)28-23(25(30)31)17-9-3-2-4-10-17)27-26(32)33-15-22-20-13-7-5-11-18(20)19-12-6-8-14-21(19)22/h2-14,16,22-23H,15H2,1H3,(H,27,32)(H,28,29)(H,30,31)/t16-,23?/m0/s1. The van der Waals surface area contributed by atoms with Crippen LogP contribution >= 0.6 is 0 Å². The molecular weight excluding hydrogens is 420 g/mol. The lowest BCUT2D eigenvalue weighted by atomic mass is 9.98. The summed E-state index contributed by atoms with van der Waals surface area (Å²) in [7, 11) is 0.